The molecule has 0 spiro atoms. The maximum absolute atomic E-state index is 11.2. The molecule has 1 aliphatic rings. The van der Waals surface area contributed by atoms with Crippen LogP contribution in [-0.4, -0.2) is 28.3 Å². The van der Waals surface area contributed by atoms with Gasteiger partial charge in [-0.3, -0.25) is 10.1 Å². The van der Waals surface area contributed by atoms with Crippen LogP contribution in [0.2, 0.25) is 0 Å². The first-order valence-electron chi connectivity index (χ1n) is 5.86. The Labute approximate surface area is 104 Å². The predicted molar refractivity (Wildman–Crippen MR) is 66.1 cm³/mol. The summed E-state index contributed by atoms with van der Waals surface area (Å²) in [6.07, 6.45) is 2.99. The molecule has 1 atom stereocenters. The van der Waals surface area contributed by atoms with Gasteiger partial charge in [-0.2, -0.15) is 11.3 Å². The third-order valence-corrected chi connectivity index (χ3v) is 3.92. The molecule has 1 unspecified atom stereocenters. The average molecular weight is 255 g/mol. The van der Waals surface area contributed by atoms with Crippen molar-refractivity contribution >= 4 is 17.3 Å². The Kier molecular flexibility index (Phi) is 4.15. The fourth-order valence-electron chi connectivity index (χ4n) is 2.23. The maximum Gasteiger partial charge on any atom is 0.325 e. The number of aliphatic hydroxyl groups excluding tert-OH is 1. The molecule has 0 amide bonds. The van der Waals surface area contributed by atoms with Crippen molar-refractivity contribution in [2.24, 2.45) is 0 Å². The number of carbonyl (C=O) groups is 1. The fraction of sp³-hybridized carbons (Fsp3) is 0.583. The first-order valence-corrected chi connectivity index (χ1v) is 6.80. The van der Waals surface area contributed by atoms with Gasteiger partial charge in [-0.1, -0.05) is 0 Å². The molecule has 0 radical (unpaired) electrons. The third kappa shape index (κ3) is 3.28. The molecule has 1 aliphatic carbocycles. The predicted octanol–water partition coefficient (Wildman–Crippen LogP) is 1.77. The van der Waals surface area contributed by atoms with Gasteiger partial charge in [0, 0.05) is 6.04 Å². The van der Waals surface area contributed by atoms with Gasteiger partial charge in [0.2, 0.25) is 0 Å². The summed E-state index contributed by atoms with van der Waals surface area (Å²) in [5.41, 5.74) is 0.814. The van der Waals surface area contributed by atoms with Gasteiger partial charge in [0.25, 0.3) is 0 Å². The molecular formula is C12H17NO3S. The molecule has 5 heteroatoms. The van der Waals surface area contributed by atoms with Gasteiger partial charge < -0.3 is 10.2 Å². The first kappa shape index (κ1) is 12.5. The lowest BCUT2D eigenvalue weighted by molar-refractivity contribution is -0.140. The number of hydrogen-bond donors (Lipinski definition) is 3. The topological polar surface area (TPSA) is 69.6 Å². The number of carboxylic acid groups (broad SMARTS) is 1. The van der Waals surface area contributed by atoms with Crippen molar-refractivity contribution in [3.05, 3.63) is 22.4 Å². The van der Waals surface area contributed by atoms with Crippen molar-refractivity contribution in [2.45, 2.75) is 43.9 Å². The summed E-state index contributed by atoms with van der Waals surface area (Å²) in [5.74, 6) is -0.838. The first-order chi connectivity index (χ1) is 8.16. The minimum absolute atomic E-state index is 0.194. The molecular weight excluding hydrogens is 238 g/mol. The molecule has 1 fully saturated rings. The Balaban J connectivity index is 1.97. The van der Waals surface area contributed by atoms with E-state index in [1.54, 1.807) is 0 Å². The highest BCUT2D eigenvalue weighted by Crippen LogP contribution is 2.23. The number of nitrogens with one attached hydrogen (secondary N) is 1. The number of hydrogen-bond acceptors (Lipinski definition) is 4. The molecule has 0 saturated heterocycles. The Morgan fingerprint density at radius 2 is 2.12 bits per heavy atom. The molecule has 1 aromatic rings. The van der Waals surface area contributed by atoms with E-state index in [9.17, 15) is 15.0 Å². The normalized spacial score (nSPS) is 26.6. The van der Waals surface area contributed by atoms with Gasteiger partial charge in [0.15, 0.2) is 0 Å². The van der Waals surface area contributed by atoms with Crippen molar-refractivity contribution in [1.29, 1.82) is 0 Å². The standard InChI is InChI=1S/C12H17NO3S/c14-10-3-1-9(2-4-10)13-11(12(15)16)8-5-6-17-7-8/h5-7,9-11,13-14H,1-4H2,(H,15,16). The summed E-state index contributed by atoms with van der Waals surface area (Å²) < 4.78 is 0. The zero-order valence-corrected chi connectivity index (χ0v) is 10.3. The number of thiophene rings is 1. The molecule has 4 nitrogen and oxygen atoms in total. The Bertz CT molecular complexity index is 358. The lowest BCUT2D eigenvalue weighted by atomic mass is 9.92. The second-order valence-electron chi connectivity index (χ2n) is 4.50. The quantitative estimate of drug-likeness (QED) is 0.767. The average Bonchev–Trinajstić information content (AvgIpc) is 2.81. The Morgan fingerprint density at radius 1 is 1.41 bits per heavy atom. The van der Waals surface area contributed by atoms with Gasteiger partial charge in [-0.15, -0.1) is 0 Å². The van der Waals surface area contributed by atoms with Gasteiger partial charge in [0.1, 0.15) is 6.04 Å². The highest BCUT2D eigenvalue weighted by atomic mass is 32.1. The zero-order chi connectivity index (χ0) is 12.3. The van der Waals surface area contributed by atoms with E-state index in [2.05, 4.69) is 5.32 Å². The number of aliphatic carboxylic acids is 1. The molecule has 3 N–H and O–H groups in total. The Morgan fingerprint density at radius 3 is 2.65 bits per heavy atom. The van der Waals surface area contributed by atoms with Crippen LogP contribution in [0.4, 0.5) is 0 Å². The lowest BCUT2D eigenvalue weighted by Gasteiger charge is -2.28. The molecule has 17 heavy (non-hydrogen) atoms. The Hall–Kier alpha value is -0.910. The van der Waals surface area contributed by atoms with Crippen molar-refractivity contribution < 1.29 is 15.0 Å². The van der Waals surface area contributed by atoms with Crippen molar-refractivity contribution in [2.75, 3.05) is 0 Å². The van der Waals surface area contributed by atoms with Crippen LogP contribution in [-0.2, 0) is 4.79 Å². The highest BCUT2D eigenvalue weighted by molar-refractivity contribution is 7.08. The van der Waals surface area contributed by atoms with Crippen LogP contribution in [0.15, 0.2) is 16.8 Å². The zero-order valence-electron chi connectivity index (χ0n) is 9.50. The largest absolute Gasteiger partial charge is 0.480 e. The minimum Gasteiger partial charge on any atom is -0.480 e. The van der Waals surface area contributed by atoms with Crippen molar-refractivity contribution in [3.8, 4) is 0 Å². The van der Waals surface area contributed by atoms with Gasteiger partial charge in [-0.05, 0) is 48.1 Å². The molecule has 1 aromatic heterocycles. The van der Waals surface area contributed by atoms with Gasteiger partial charge in [-0.25, -0.2) is 0 Å². The van der Waals surface area contributed by atoms with E-state index in [1.165, 1.54) is 11.3 Å². The summed E-state index contributed by atoms with van der Waals surface area (Å²) in [6, 6.07) is 1.41. The van der Waals surface area contributed by atoms with Gasteiger partial charge >= 0.3 is 5.97 Å². The second kappa shape index (κ2) is 5.62. The lowest BCUT2D eigenvalue weighted by Crippen LogP contribution is -2.39. The van der Waals surface area contributed by atoms with Crippen LogP contribution >= 0.6 is 11.3 Å². The molecule has 2 rings (SSSR count). The fourth-order valence-corrected chi connectivity index (χ4v) is 2.91. The highest BCUT2D eigenvalue weighted by Gasteiger charge is 2.26. The van der Waals surface area contributed by atoms with E-state index in [1.807, 2.05) is 16.8 Å². The summed E-state index contributed by atoms with van der Waals surface area (Å²) in [7, 11) is 0. The third-order valence-electron chi connectivity index (χ3n) is 3.22. The van der Waals surface area contributed by atoms with Gasteiger partial charge in [0.05, 0.1) is 6.10 Å². The summed E-state index contributed by atoms with van der Waals surface area (Å²) >= 11 is 1.50. The molecule has 0 bridgehead atoms. The van der Waals surface area contributed by atoms with Crippen LogP contribution in [0.3, 0.4) is 0 Å². The number of carboxylic acids is 1. The molecule has 1 saturated carbocycles. The van der Waals surface area contributed by atoms with E-state index in [4.69, 9.17) is 0 Å². The monoisotopic (exact) mass is 255 g/mol. The van der Waals surface area contributed by atoms with E-state index in [0.29, 0.717) is 0 Å². The van der Waals surface area contributed by atoms with Crippen molar-refractivity contribution in [3.63, 3.8) is 0 Å². The van der Waals surface area contributed by atoms with Crippen LogP contribution in [0.25, 0.3) is 0 Å². The van der Waals surface area contributed by atoms with Crippen molar-refractivity contribution in [1.82, 2.24) is 5.32 Å². The van der Waals surface area contributed by atoms with Crippen LogP contribution < -0.4 is 5.32 Å². The summed E-state index contributed by atoms with van der Waals surface area (Å²) in [6.45, 7) is 0. The van der Waals surface area contributed by atoms with E-state index >= 15 is 0 Å². The van der Waals surface area contributed by atoms with E-state index < -0.39 is 12.0 Å². The molecule has 94 valence electrons. The summed E-state index contributed by atoms with van der Waals surface area (Å²) in [5, 5.41) is 25.6. The van der Waals surface area contributed by atoms with E-state index in [0.717, 1.165) is 31.2 Å². The van der Waals surface area contributed by atoms with Crippen LogP contribution in [0.5, 0.6) is 0 Å². The van der Waals surface area contributed by atoms with Crippen LogP contribution in [0.1, 0.15) is 37.3 Å². The van der Waals surface area contributed by atoms with Crippen LogP contribution in [0, 0.1) is 0 Å². The molecule has 0 aliphatic heterocycles. The SMILES string of the molecule is O=C(O)C(NC1CCC(O)CC1)c1ccsc1. The summed E-state index contributed by atoms with van der Waals surface area (Å²) in [4.78, 5) is 11.2. The van der Waals surface area contributed by atoms with E-state index in [-0.39, 0.29) is 12.1 Å². The maximum atomic E-state index is 11.2. The molecule has 0 aromatic carbocycles. The number of rotatable bonds is 4. The number of aliphatic hydroxyl groups is 1. The smallest absolute Gasteiger partial charge is 0.325 e. The minimum atomic E-state index is -0.838. The second-order valence-corrected chi connectivity index (χ2v) is 5.28. The molecule has 1 heterocycles.